The van der Waals surface area contributed by atoms with Gasteiger partial charge in [-0.15, -0.1) is 0 Å². The van der Waals surface area contributed by atoms with Gasteiger partial charge < -0.3 is 5.73 Å². The Bertz CT molecular complexity index is 543. The molecule has 3 nitrogen and oxygen atoms in total. The second-order valence-electron chi connectivity index (χ2n) is 4.15. The van der Waals surface area contributed by atoms with Crippen molar-refractivity contribution in [3.63, 3.8) is 0 Å². The van der Waals surface area contributed by atoms with Crippen LogP contribution in [0.4, 0.5) is 8.78 Å². The molecule has 2 N–H and O–H groups in total. The highest BCUT2D eigenvalue weighted by molar-refractivity contribution is 5.31. The maximum Gasteiger partial charge on any atom is 0.131 e. The summed E-state index contributed by atoms with van der Waals surface area (Å²) in [7, 11) is 1.72. The van der Waals surface area contributed by atoms with Gasteiger partial charge in [0.15, 0.2) is 0 Å². The van der Waals surface area contributed by atoms with Gasteiger partial charge in [-0.05, 0) is 24.6 Å². The zero-order chi connectivity index (χ0) is 13.3. The van der Waals surface area contributed by atoms with Crippen molar-refractivity contribution in [2.24, 2.45) is 12.8 Å². The van der Waals surface area contributed by atoms with Crippen LogP contribution >= 0.6 is 0 Å². The van der Waals surface area contributed by atoms with Gasteiger partial charge >= 0.3 is 0 Å². The number of aryl methyl sites for hydroxylation is 2. The average molecular weight is 251 g/mol. The molecule has 1 aromatic heterocycles. The van der Waals surface area contributed by atoms with Crippen LogP contribution in [0.15, 0.2) is 24.3 Å². The number of rotatable bonds is 3. The first-order valence-corrected chi connectivity index (χ1v) is 5.77. The Morgan fingerprint density at radius 2 is 1.94 bits per heavy atom. The highest BCUT2D eigenvalue weighted by Gasteiger charge is 2.21. The lowest BCUT2D eigenvalue weighted by Gasteiger charge is -2.14. The Kier molecular flexibility index (Phi) is 3.43. The normalized spacial score (nSPS) is 12.7. The van der Waals surface area contributed by atoms with E-state index < -0.39 is 17.7 Å². The lowest BCUT2D eigenvalue weighted by molar-refractivity contribution is 0.533. The van der Waals surface area contributed by atoms with E-state index in [4.69, 9.17) is 5.73 Å². The standard InChI is InChI=1S/C13H15F2N3/c1-3-8-7-11(18(2)17-8)13(16)12-9(14)5-4-6-10(12)15/h4-7,13H,3,16H2,1-2H3. The molecule has 0 aliphatic heterocycles. The predicted molar refractivity (Wildman–Crippen MR) is 65.0 cm³/mol. The van der Waals surface area contributed by atoms with Crippen molar-refractivity contribution < 1.29 is 8.78 Å². The molecule has 2 aromatic rings. The second kappa shape index (κ2) is 4.86. The molecule has 0 spiro atoms. The number of hydrogen-bond donors (Lipinski definition) is 1. The van der Waals surface area contributed by atoms with Crippen LogP contribution in [-0.4, -0.2) is 9.78 Å². The molecule has 0 fully saturated rings. The van der Waals surface area contributed by atoms with Gasteiger partial charge in [-0.25, -0.2) is 8.78 Å². The maximum absolute atomic E-state index is 13.7. The highest BCUT2D eigenvalue weighted by Crippen LogP contribution is 2.25. The first-order valence-electron chi connectivity index (χ1n) is 5.77. The molecule has 1 aromatic carbocycles. The van der Waals surface area contributed by atoms with Crippen LogP contribution in [0, 0.1) is 11.6 Å². The van der Waals surface area contributed by atoms with E-state index in [-0.39, 0.29) is 5.56 Å². The minimum absolute atomic E-state index is 0.122. The van der Waals surface area contributed by atoms with Crippen LogP contribution in [0.2, 0.25) is 0 Å². The number of aromatic nitrogens is 2. The van der Waals surface area contributed by atoms with E-state index in [0.29, 0.717) is 5.69 Å². The van der Waals surface area contributed by atoms with Crippen LogP contribution in [-0.2, 0) is 13.5 Å². The Morgan fingerprint density at radius 3 is 2.44 bits per heavy atom. The quantitative estimate of drug-likeness (QED) is 0.909. The van der Waals surface area contributed by atoms with Crippen molar-refractivity contribution in [2.75, 3.05) is 0 Å². The van der Waals surface area contributed by atoms with Gasteiger partial charge in [0, 0.05) is 12.6 Å². The Labute approximate surface area is 104 Å². The molecule has 0 amide bonds. The zero-order valence-corrected chi connectivity index (χ0v) is 10.3. The van der Waals surface area contributed by atoms with Crippen molar-refractivity contribution in [3.8, 4) is 0 Å². The number of hydrogen-bond acceptors (Lipinski definition) is 2. The maximum atomic E-state index is 13.7. The number of nitrogens with two attached hydrogens (primary N) is 1. The topological polar surface area (TPSA) is 43.8 Å². The number of nitrogens with zero attached hydrogens (tertiary/aromatic N) is 2. The summed E-state index contributed by atoms with van der Waals surface area (Å²) in [6.45, 7) is 1.96. The van der Waals surface area contributed by atoms with Crippen LogP contribution < -0.4 is 5.73 Å². The molecule has 96 valence electrons. The predicted octanol–water partition coefficient (Wildman–Crippen LogP) is 2.31. The van der Waals surface area contributed by atoms with Crippen LogP contribution in [0.3, 0.4) is 0 Å². The van der Waals surface area contributed by atoms with Crippen molar-refractivity contribution in [1.82, 2.24) is 9.78 Å². The van der Waals surface area contributed by atoms with Crippen molar-refractivity contribution in [3.05, 3.63) is 52.9 Å². The molecule has 0 radical (unpaired) electrons. The third-order valence-corrected chi connectivity index (χ3v) is 2.96. The summed E-state index contributed by atoms with van der Waals surface area (Å²) in [5.74, 6) is -1.27. The van der Waals surface area contributed by atoms with Gasteiger partial charge in [-0.3, -0.25) is 4.68 Å². The van der Waals surface area contributed by atoms with Gasteiger partial charge in [-0.1, -0.05) is 13.0 Å². The van der Waals surface area contributed by atoms with E-state index in [1.807, 2.05) is 6.92 Å². The number of benzene rings is 1. The lowest BCUT2D eigenvalue weighted by atomic mass is 10.0. The fraction of sp³-hybridized carbons (Fsp3) is 0.308. The van der Waals surface area contributed by atoms with E-state index in [1.54, 1.807) is 17.8 Å². The lowest BCUT2D eigenvalue weighted by Crippen LogP contribution is -2.18. The van der Waals surface area contributed by atoms with Gasteiger partial charge in [0.25, 0.3) is 0 Å². The van der Waals surface area contributed by atoms with E-state index >= 15 is 0 Å². The molecule has 0 aliphatic carbocycles. The minimum Gasteiger partial charge on any atom is -0.319 e. The first-order chi connectivity index (χ1) is 8.54. The summed E-state index contributed by atoms with van der Waals surface area (Å²) in [6, 6.07) is 4.65. The molecule has 18 heavy (non-hydrogen) atoms. The summed E-state index contributed by atoms with van der Waals surface area (Å²) in [5, 5.41) is 4.23. The summed E-state index contributed by atoms with van der Waals surface area (Å²) in [5.41, 5.74) is 7.26. The fourth-order valence-electron chi connectivity index (χ4n) is 1.96. The van der Waals surface area contributed by atoms with Gasteiger partial charge in [-0.2, -0.15) is 5.10 Å². The Morgan fingerprint density at radius 1 is 1.33 bits per heavy atom. The summed E-state index contributed by atoms with van der Waals surface area (Å²) in [4.78, 5) is 0. The van der Waals surface area contributed by atoms with Crippen LogP contribution in [0.1, 0.15) is 29.9 Å². The molecule has 0 saturated carbocycles. The molecule has 2 rings (SSSR count). The van der Waals surface area contributed by atoms with Gasteiger partial charge in [0.2, 0.25) is 0 Å². The average Bonchev–Trinajstić information content (AvgIpc) is 2.70. The zero-order valence-electron chi connectivity index (χ0n) is 10.3. The second-order valence-corrected chi connectivity index (χ2v) is 4.15. The summed E-state index contributed by atoms with van der Waals surface area (Å²) < 4.78 is 28.9. The molecule has 0 saturated heterocycles. The molecule has 0 aliphatic rings. The SMILES string of the molecule is CCc1cc(C(N)c2c(F)cccc2F)n(C)n1. The van der Waals surface area contributed by atoms with Crippen molar-refractivity contribution >= 4 is 0 Å². The Balaban J connectivity index is 2.47. The molecule has 5 heteroatoms. The van der Waals surface area contributed by atoms with E-state index in [2.05, 4.69) is 5.10 Å². The molecular formula is C13H15F2N3. The minimum atomic E-state index is -0.857. The van der Waals surface area contributed by atoms with E-state index in [0.717, 1.165) is 12.1 Å². The van der Waals surface area contributed by atoms with Gasteiger partial charge in [0.1, 0.15) is 11.6 Å². The summed E-state index contributed by atoms with van der Waals surface area (Å²) >= 11 is 0. The fourth-order valence-corrected chi connectivity index (χ4v) is 1.96. The smallest absolute Gasteiger partial charge is 0.131 e. The first kappa shape index (κ1) is 12.7. The molecule has 1 heterocycles. The molecule has 1 atom stereocenters. The van der Waals surface area contributed by atoms with Gasteiger partial charge in [0.05, 0.1) is 17.4 Å². The molecule has 0 bridgehead atoms. The van der Waals surface area contributed by atoms with Crippen LogP contribution in [0.25, 0.3) is 0 Å². The van der Waals surface area contributed by atoms with Crippen molar-refractivity contribution in [1.29, 1.82) is 0 Å². The van der Waals surface area contributed by atoms with Crippen LogP contribution in [0.5, 0.6) is 0 Å². The third-order valence-electron chi connectivity index (χ3n) is 2.96. The Hall–Kier alpha value is -1.75. The highest BCUT2D eigenvalue weighted by atomic mass is 19.1. The largest absolute Gasteiger partial charge is 0.319 e. The summed E-state index contributed by atoms with van der Waals surface area (Å²) in [6.07, 6.45) is 0.750. The van der Waals surface area contributed by atoms with Crippen molar-refractivity contribution in [2.45, 2.75) is 19.4 Å². The molecular weight excluding hydrogens is 236 g/mol. The van der Waals surface area contributed by atoms with E-state index in [9.17, 15) is 8.78 Å². The van der Waals surface area contributed by atoms with E-state index in [1.165, 1.54) is 18.2 Å². The molecule has 1 unspecified atom stereocenters. The third kappa shape index (κ3) is 2.13. The monoisotopic (exact) mass is 251 g/mol. The number of halogens is 2.